The molecule has 1 amide bonds. The molecule has 0 atom stereocenters. The molecule has 1 aromatic carbocycles. The van der Waals surface area contributed by atoms with Gasteiger partial charge in [0.25, 0.3) is 0 Å². The SMILES string of the molecule is Cc1ccc(F)cc1NC(=O)CC#N. The van der Waals surface area contributed by atoms with Crippen molar-refractivity contribution in [3.63, 3.8) is 0 Å². The van der Waals surface area contributed by atoms with Crippen LogP contribution in [0.4, 0.5) is 10.1 Å². The quantitative estimate of drug-likeness (QED) is 0.778. The summed E-state index contributed by atoms with van der Waals surface area (Å²) in [5.74, 6) is -0.843. The van der Waals surface area contributed by atoms with E-state index in [2.05, 4.69) is 5.32 Å². The van der Waals surface area contributed by atoms with Gasteiger partial charge in [0.2, 0.25) is 5.91 Å². The summed E-state index contributed by atoms with van der Waals surface area (Å²) in [4.78, 5) is 11.0. The van der Waals surface area contributed by atoms with Gasteiger partial charge in [0, 0.05) is 5.69 Å². The van der Waals surface area contributed by atoms with Crippen molar-refractivity contribution in [2.24, 2.45) is 0 Å². The van der Waals surface area contributed by atoms with Crippen LogP contribution in [0.15, 0.2) is 18.2 Å². The summed E-state index contributed by atoms with van der Waals surface area (Å²) < 4.78 is 12.8. The molecular formula is C10H9FN2O. The lowest BCUT2D eigenvalue weighted by molar-refractivity contribution is -0.115. The first kappa shape index (κ1) is 10.2. The van der Waals surface area contributed by atoms with Gasteiger partial charge in [0.05, 0.1) is 6.07 Å². The lowest BCUT2D eigenvalue weighted by Crippen LogP contribution is -2.11. The summed E-state index contributed by atoms with van der Waals surface area (Å²) in [6, 6.07) is 5.82. The lowest BCUT2D eigenvalue weighted by atomic mass is 10.2. The Hall–Kier alpha value is -1.89. The summed E-state index contributed by atoms with van der Waals surface area (Å²) in [6.07, 6.45) is -0.226. The molecule has 14 heavy (non-hydrogen) atoms. The molecule has 0 unspecified atom stereocenters. The van der Waals surface area contributed by atoms with E-state index in [-0.39, 0.29) is 6.42 Å². The van der Waals surface area contributed by atoms with Crippen molar-refractivity contribution in [3.8, 4) is 6.07 Å². The van der Waals surface area contributed by atoms with Gasteiger partial charge < -0.3 is 5.32 Å². The Morgan fingerprint density at radius 1 is 1.64 bits per heavy atom. The third kappa shape index (κ3) is 2.56. The maximum Gasteiger partial charge on any atom is 0.238 e. The van der Waals surface area contributed by atoms with Crippen LogP contribution >= 0.6 is 0 Å². The number of nitrogens with zero attached hydrogens (tertiary/aromatic N) is 1. The highest BCUT2D eigenvalue weighted by Crippen LogP contribution is 2.15. The number of amides is 1. The highest BCUT2D eigenvalue weighted by molar-refractivity contribution is 5.92. The number of hydrogen-bond acceptors (Lipinski definition) is 2. The smallest absolute Gasteiger partial charge is 0.238 e. The number of carbonyl (C=O) groups excluding carboxylic acids is 1. The standard InChI is InChI=1S/C10H9FN2O/c1-7-2-3-8(11)6-9(7)13-10(14)4-5-12/h2-3,6H,4H2,1H3,(H,13,14). The summed E-state index contributed by atoms with van der Waals surface area (Å²) in [6.45, 7) is 1.75. The molecule has 0 bridgehead atoms. The van der Waals surface area contributed by atoms with E-state index in [1.165, 1.54) is 12.1 Å². The maximum atomic E-state index is 12.8. The van der Waals surface area contributed by atoms with Crippen LogP contribution in [-0.4, -0.2) is 5.91 Å². The van der Waals surface area contributed by atoms with Crippen LogP contribution in [0.25, 0.3) is 0 Å². The van der Waals surface area contributed by atoms with E-state index in [1.807, 2.05) is 0 Å². The molecule has 0 aliphatic carbocycles. The zero-order chi connectivity index (χ0) is 10.6. The van der Waals surface area contributed by atoms with Crippen molar-refractivity contribution in [3.05, 3.63) is 29.6 Å². The van der Waals surface area contributed by atoms with E-state index < -0.39 is 11.7 Å². The highest BCUT2D eigenvalue weighted by Gasteiger charge is 2.04. The molecule has 0 fully saturated rings. The zero-order valence-electron chi connectivity index (χ0n) is 7.67. The Bertz CT molecular complexity index is 396. The molecule has 72 valence electrons. The van der Waals surface area contributed by atoms with Crippen LogP contribution in [-0.2, 0) is 4.79 Å². The molecule has 1 N–H and O–H groups in total. The van der Waals surface area contributed by atoms with E-state index in [0.29, 0.717) is 5.69 Å². The molecule has 0 aliphatic rings. The zero-order valence-corrected chi connectivity index (χ0v) is 7.67. The number of anilines is 1. The van der Waals surface area contributed by atoms with Gasteiger partial charge in [-0.25, -0.2) is 4.39 Å². The number of nitriles is 1. The fourth-order valence-corrected chi connectivity index (χ4v) is 0.995. The Morgan fingerprint density at radius 3 is 3.00 bits per heavy atom. The van der Waals surface area contributed by atoms with Crippen molar-refractivity contribution in [1.29, 1.82) is 5.26 Å². The number of carbonyl (C=O) groups is 1. The number of halogens is 1. The molecule has 0 spiro atoms. The number of nitrogens with one attached hydrogen (secondary N) is 1. The van der Waals surface area contributed by atoms with Crippen molar-refractivity contribution in [2.45, 2.75) is 13.3 Å². The fraction of sp³-hybridized carbons (Fsp3) is 0.200. The number of rotatable bonds is 2. The van der Waals surface area contributed by atoms with Crippen LogP contribution < -0.4 is 5.32 Å². The van der Waals surface area contributed by atoms with Crippen molar-refractivity contribution < 1.29 is 9.18 Å². The number of benzene rings is 1. The normalized spacial score (nSPS) is 9.21. The van der Waals surface area contributed by atoms with Gasteiger partial charge in [-0.1, -0.05) is 6.07 Å². The molecule has 0 heterocycles. The Balaban J connectivity index is 2.81. The predicted octanol–water partition coefficient (Wildman–Crippen LogP) is 1.99. The monoisotopic (exact) mass is 192 g/mol. The molecule has 0 saturated carbocycles. The van der Waals surface area contributed by atoms with E-state index in [4.69, 9.17) is 5.26 Å². The van der Waals surface area contributed by atoms with Gasteiger partial charge in [0.1, 0.15) is 12.2 Å². The van der Waals surface area contributed by atoms with E-state index in [0.717, 1.165) is 5.56 Å². The summed E-state index contributed by atoms with van der Waals surface area (Å²) >= 11 is 0. The van der Waals surface area contributed by atoms with E-state index >= 15 is 0 Å². The molecule has 1 aromatic rings. The predicted molar refractivity (Wildman–Crippen MR) is 50.0 cm³/mol. The second kappa shape index (κ2) is 4.38. The Kier molecular flexibility index (Phi) is 3.19. The minimum Gasteiger partial charge on any atom is -0.325 e. The minimum atomic E-state index is -0.429. The first-order valence-corrected chi connectivity index (χ1v) is 4.06. The fourth-order valence-electron chi connectivity index (χ4n) is 0.995. The van der Waals surface area contributed by atoms with Crippen LogP contribution in [0.2, 0.25) is 0 Å². The molecule has 0 aromatic heterocycles. The summed E-state index contributed by atoms with van der Waals surface area (Å²) in [7, 11) is 0. The second-order valence-corrected chi connectivity index (χ2v) is 2.84. The van der Waals surface area contributed by atoms with E-state index in [1.54, 1.807) is 19.1 Å². The number of aryl methyl sites for hydroxylation is 1. The van der Waals surface area contributed by atoms with Gasteiger partial charge in [-0.3, -0.25) is 4.79 Å². The third-order valence-corrected chi connectivity index (χ3v) is 1.71. The van der Waals surface area contributed by atoms with Gasteiger partial charge in [-0.05, 0) is 24.6 Å². The summed E-state index contributed by atoms with van der Waals surface area (Å²) in [5.41, 5.74) is 1.17. The third-order valence-electron chi connectivity index (χ3n) is 1.71. The Morgan fingerprint density at radius 2 is 2.36 bits per heavy atom. The van der Waals surface area contributed by atoms with E-state index in [9.17, 15) is 9.18 Å². The van der Waals surface area contributed by atoms with Crippen molar-refractivity contribution in [2.75, 3.05) is 5.32 Å². The van der Waals surface area contributed by atoms with Crippen LogP contribution in [0, 0.1) is 24.1 Å². The lowest BCUT2D eigenvalue weighted by Gasteiger charge is -2.06. The highest BCUT2D eigenvalue weighted by atomic mass is 19.1. The van der Waals surface area contributed by atoms with Crippen LogP contribution in [0.3, 0.4) is 0 Å². The topological polar surface area (TPSA) is 52.9 Å². The average molecular weight is 192 g/mol. The minimum absolute atomic E-state index is 0.226. The largest absolute Gasteiger partial charge is 0.325 e. The maximum absolute atomic E-state index is 12.8. The molecular weight excluding hydrogens is 183 g/mol. The van der Waals surface area contributed by atoms with Gasteiger partial charge >= 0.3 is 0 Å². The van der Waals surface area contributed by atoms with Crippen LogP contribution in [0.5, 0.6) is 0 Å². The first-order valence-electron chi connectivity index (χ1n) is 4.06. The van der Waals surface area contributed by atoms with Gasteiger partial charge in [-0.15, -0.1) is 0 Å². The Labute approximate surface area is 81.2 Å². The molecule has 4 heteroatoms. The van der Waals surface area contributed by atoms with Gasteiger partial charge in [0.15, 0.2) is 0 Å². The molecule has 0 radical (unpaired) electrons. The molecule has 1 rings (SSSR count). The van der Waals surface area contributed by atoms with Crippen LogP contribution in [0.1, 0.15) is 12.0 Å². The van der Waals surface area contributed by atoms with Gasteiger partial charge in [-0.2, -0.15) is 5.26 Å². The molecule has 0 saturated heterocycles. The molecule has 0 aliphatic heterocycles. The molecule has 3 nitrogen and oxygen atoms in total. The summed E-state index contributed by atoms with van der Waals surface area (Å²) in [5, 5.41) is 10.7. The van der Waals surface area contributed by atoms with Crippen molar-refractivity contribution >= 4 is 11.6 Å². The number of hydrogen-bond donors (Lipinski definition) is 1. The second-order valence-electron chi connectivity index (χ2n) is 2.84. The average Bonchev–Trinajstić information content (AvgIpc) is 2.12. The van der Waals surface area contributed by atoms with Crippen molar-refractivity contribution in [1.82, 2.24) is 0 Å². The first-order chi connectivity index (χ1) is 6.63.